The van der Waals surface area contributed by atoms with Gasteiger partial charge in [-0.2, -0.15) is 4.31 Å². The zero-order valence-corrected chi connectivity index (χ0v) is 12.8. The zero-order chi connectivity index (χ0) is 15.0. The van der Waals surface area contributed by atoms with E-state index in [0.29, 0.717) is 5.56 Å². The molecule has 0 saturated heterocycles. The summed E-state index contributed by atoms with van der Waals surface area (Å²) in [6.07, 6.45) is 0. The van der Waals surface area contributed by atoms with Gasteiger partial charge in [-0.15, -0.1) is 11.3 Å². The predicted octanol–water partition coefficient (Wildman–Crippen LogP) is 1.15. The van der Waals surface area contributed by atoms with Crippen LogP contribution in [0.2, 0.25) is 0 Å². The smallest absolute Gasteiger partial charge is 0.347 e. The summed E-state index contributed by atoms with van der Waals surface area (Å²) in [4.78, 5) is 10.7. The Bertz CT molecular complexity index is 583. The summed E-state index contributed by atoms with van der Waals surface area (Å²) in [6.45, 7) is 4.40. The van der Waals surface area contributed by atoms with Gasteiger partial charge in [0.25, 0.3) is 0 Å². The van der Waals surface area contributed by atoms with E-state index in [1.165, 1.54) is 26.3 Å². The van der Waals surface area contributed by atoms with Gasteiger partial charge in [-0.05, 0) is 31.7 Å². The van der Waals surface area contributed by atoms with Crippen LogP contribution in [0.5, 0.6) is 0 Å². The Kier molecular flexibility index (Phi) is 4.40. The Morgan fingerprint density at radius 1 is 1.47 bits per heavy atom. The maximum absolute atomic E-state index is 12.4. The second-order valence-corrected chi connectivity index (χ2v) is 7.82. The van der Waals surface area contributed by atoms with Gasteiger partial charge in [0.1, 0.15) is 9.77 Å². The van der Waals surface area contributed by atoms with Crippen molar-refractivity contribution < 1.29 is 23.4 Å². The van der Waals surface area contributed by atoms with E-state index in [2.05, 4.69) is 0 Å². The van der Waals surface area contributed by atoms with Crippen LogP contribution in [-0.4, -0.2) is 48.1 Å². The largest absolute Gasteiger partial charge is 0.477 e. The van der Waals surface area contributed by atoms with Gasteiger partial charge in [0, 0.05) is 13.6 Å². The number of carboxylic acids is 1. The summed E-state index contributed by atoms with van der Waals surface area (Å²) in [5.74, 6) is -1.27. The van der Waals surface area contributed by atoms with Crippen molar-refractivity contribution in [1.29, 1.82) is 0 Å². The summed E-state index contributed by atoms with van der Waals surface area (Å²) in [5.41, 5.74) is -0.806. The normalized spacial score (nSPS) is 12.9. The SMILES string of the molecule is Cc1csc(C(=O)O)c1S(=O)(=O)N(C)CC(C)(C)O. The Hall–Kier alpha value is -0.960. The number of hydrogen-bond acceptors (Lipinski definition) is 5. The summed E-state index contributed by atoms with van der Waals surface area (Å²) in [5, 5.41) is 20.2. The van der Waals surface area contributed by atoms with Crippen LogP contribution in [0, 0.1) is 6.92 Å². The van der Waals surface area contributed by atoms with Crippen LogP contribution in [0.15, 0.2) is 10.3 Å². The molecule has 1 heterocycles. The number of aliphatic hydroxyl groups is 1. The van der Waals surface area contributed by atoms with Crippen molar-refractivity contribution in [2.75, 3.05) is 13.6 Å². The van der Waals surface area contributed by atoms with Crippen LogP contribution >= 0.6 is 11.3 Å². The molecule has 1 rings (SSSR count). The number of aryl methyl sites for hydroxylation is 1. The molecular weight excluding hydrogens is 290 g/mol. The number of rotatable bonds is 5. The third-order valence-electron chi connectivity index (χ3n) is 2.39. The van der Waals surface area contributed by atoms with E-state index in [0.717, 1.165) is 15.6 Å². The van der Waals surface area contributed by atoms with Gasteiger partial charge in [-0.3, -0.25) is 0 Å². The zero-order valence-electron chi connectivity index (χ0n) is 11.2. The number of sulfonamides is 1. The van der Waals surface area contributed by atoms with Gasteiger partial charge >= 0.3 is 5.97 Å². The standard InChI is InChI=1S/C11H17NO5S2/c1-7-5-18-8(10(13)14)9(7)19(16,17)12(4)6-11(2,3)15/h5,15H,6H2,1-4H3,(H,13,14). The molecule has 0 bridgehead atoms. The van der Waals surface area contributed by atoms with E-state index in [-0.39, 0.29) is 16.3 Å². The number of thiophene rings is 1. The molecule has 108 valence electrons. The molecule has 8 heteroatoms. The minimum absolute atomic E-state index is 0.121. The molecule has 0 fully saturated rings. The predicted molar refractivity (Wildman–Crippen MR) is 72.1 cm³/mol. The van der Waals surface area contributed by atoms with Gasteiger partial charge in [-0.25, -0.2) is 13.2 Å². The van der Waals surface area contributed by atoms with Crippen LogP contribution in [0.3, 0.4) is 0 Å². The van der Waals surface area contributed by atoms with Crippen LogP contribution in [0.25, 0.3) is 0 Å². The van der Waals surface area contributed by atoms with Crippen LogP contribution in [-0.2, 0) is 10.0 Å². The van der Waals surface area contributed by atoms with Gasteiger partial charge in [0.15, 0.2) is 0 Å². The number of likely N-dealkylation sites (N-methyl/N-ethyl adjacent to an activating group) is 1. The second kappa shape index (κ2) is 5.20. The highest BCUT2D eigenvalue weighted by atomic mass is 32.2. The van der Waals surface area contributed by atoms with Crippen molar-refractivity contribution in [3.8, 4) is 0 Å². The van der Waals surface area contributed by atoms with Gasteiger partial charge in [0.2, 0.25) is 10.0 Å². The van der Waals surface area contributed by atoms with E-state index in [1.54, 1.807) is 6.92 Å². The summed E-state index contributed by atoms with van der Waals surface area (Å²) >= 11 is 0.879. The van der Waals surface area contributed by atoms with E-state index in [4.69, 9.17) is 5.11 Å². The Labute approximate surface area is 116 Å². The van der Waals surface area contributed by atoms with Gasteiger partial charge in [-0.1, -0.05) is 0 Å². The minimum atomic E-state index is -3.93. The average molecular weight is 307 g/mol. The molecular formula is C11H17NO5S2. The summed E-state index contributed by atoms with van der Waals surface area (Å²) in [7, 11) is -2.62. The average Bonchev–Trinajstić information content (AvgIpc) is 2.57. The number of carboxylic acid groups (broad SMARTS) is 1. The van der Waals surface area contributed by atoms with Crippen LogP contribution in [0.4, 0.5) is 0 Å². The third-order valence-corrected chi connectivity index (χ3v) is 5.60. The second-order valence-electron chi connectivity index (χ2n) is 4.96. The molecule has 0 amide bonds. The number of nitrogens with zero attached hydrogens (tertiary/aromatic N) is 1. The van der Waals surface area contributed by atoms with E-state index < -0.39 is 21.6 Å². The molecule has 0 aliphatic carbocycles. The topological polar surface area (TPSA) is 94.9 Å². The summed E-state index contributed by atoms with van der Waals surface area (Å²) < 4.78 is 25.7. The number of hydrogen-bond donors (Lipinski definition) is 2. The first-order valence-corrected chi connectivity index (χ1v) is 7.79. The van der Waals surface area contributed by atoms with E-state index in [1.807, 2.05) is 0 Å². The van der Waals surface area contributed by atoms with E-state index in [9.17, 15) is 18.3 Å². The lowest BCUT2D eigenvalue weighted by Gasteiger charge is -2.25. The monoisotopic (exact) mass is 307 g/mol. The molecule has 1 aromatic heterocycles. The maximum atomic E-state index is 12.4. The lowest BCUT2D eigenvalue weighted by molar-refractivity contribution is 0.0640. The van der Waals surface area contributed by atoms with Gasteiger partial charge < -0.3 is 10.2 Å². The highest BCUT2D eigenvalue weighted by molar-refractivity contribution is 7.89. The molecule has 6 nitrogen and oxygen atoms in total. The molecule has 0 aliphatic heterocycles. The first-order chi connectivity index (χ1) is 8.47. The highest BCUT2D eigenvalue weighted by Crippen LogP contribution is 2.29. The van der Waals surface area contributed by atoms with Crippen LogP contribution in [0.1, 0.15) is 29.1 Å². The molecule has 0 aliphatic rings. The van der Waals surface area contributed by atoms with Crippen molar-refractivity contribution in [1.82, 2.24) is 4.31 Å². The molecule has 0 saturated carbocycles. The minimum Gasteiger partial charge on any atom is -0.477 e. The van der Waals surface area contributed by atoms with Gasteiger partial charge in [0.05, 0.1) is 5.60 Å². The Morgan fingerprint density at radius 2 is 2.00 bits per heavy atom. The molecule has 0 unspecified atom stereocenters. The first-order valence-electron chi connectivity index (χ1n) is 5.47. The molecule has 1 aromatic rings. The van der Waals surface area contributed by atoms with Crippen LogP contribution < -0.4 is 0 Å². The number of aromatic carboxylic acids is 1. The third kappa shape index (κ3) is 3.53. The molecule has 19 heavy (non-hydrogen) atoms. The highest BCUT2D eigenvalue weighted by Gasteiger charge is 2.32. The lowest BCUT2D eigenvalue weighted by Crippen LogP contribution is -2.40. The fourth-order valence-corrected chi connectivity index (χ4v) is 4.59. The quantitative estimate of drug-likeness (QED) is 0.851. The van der Waals surface area contributed by atoms with E-state index >= 15 is 0 Å². The molecule has 0 atom stereocenters. The Balaban J connectivity index is 3.28. The maximum Gasteiger partial charge on any atom is 0.347 e. The summed E-state index contributed by atoms with van der Waals surface area (Å²) in [6, 6.07) is 0. The molecule has 0 aromatic carbocycles. The van der Waals surface area contributed by atoms with Crippen molar-refractivity contribution in [3.63, 3.8) is 0 Å². The molecule has 0 radical (unpaired) electrons. The fraction of sp³-hybridized carbons (Fsp3) is 0.545. The fourth-order valence-electron chi connectivity index (χ4n) is 1.69. The Morgan fingerprint density at radius 3 is 2.42 bits per heavy atom. The molecule has 0 spiro atoms. The van der Waals surface area contributed by atoms with Crippen molar-refractivity contribution in [3.05, 3.63) is 15.8 Å². The number of carbonyl (C=O) groups is 1. The molecule has 2 N–H and O–H groups in total. The first kappa shape index (κ1) is 16.1. The lowest BCUT2D eigenvalue weighted by atomic mass is 10.1. The van der Waals surface area contributed by atoms with Crippen molar-refractivity contribution >= 4 is 27.3 Å². The van der Waals surface area contributed by atoms with Crippen molar-refractivity contribution in [2.45, 2.75) is 31.3 Å². The van der Waals surface area contributed by atoms with Crippen molar-refractivity contribution in [2.24, 2.45) is 0 Å².